The van der Waals surface area contributed by atoms with Crippen molar-refractivity contribution in [1.82, 2.24) is 0 Å². The maximum atomic E-state index is 12.3. The third-order valence-electron chi connectivity index (χ3n) is 3.94. The van der Waals surface area contributed by atoms with Gasteiger partial charge in [-0.25, -0.2) is 4.79 Å². The van der Waals surface area contributed by atoms with Crippen LogP contribution in [0.15, 0.2) is 91.0 Å². The molecule has 3 aromatic rings. The van der Waals surface area contributed by atoms with Crippen molar-refractivity contribution in [2.45, 2.75) is 6.61 Å². The first-order chi connectivity index (χ1) is 13.2. The summed E-state index contributed by atoms with van der Waals surface area (Å²) in [5, 5.41) is 3.28. The first kappa shape index (κ1) is 18.3. The summed E-state index contributed by atoms with van der Waals surface area (Å²) in [4.78, 5) is 12.3. The fourth-order valence-electron chi connectivity index (χ4n) is 2.53. The number of ether oxygens (including phenoxy) is 2. The van der Waals surface area contributed by atoms with Gasteiger partial charge in [0.05, 0.1) is 12.8 Å². The number of carbonyl (C=O) groups excluding carboxylic acids is 1. The van der Waals surface area contributed by atoms with Crippen LogP contribution in [-0.2, 0) is 16.1 Å². The normalized spacial score (nSPS) is 10.9. The van der Waals surface area contributed by atoms with Crippen molar-refractivity contribution in [2.75, 3.05) is 12.4 Å². The predicted octanol–water partition coefficient (Wildman–Crippen LogP) is 4.89. The van der Waals surface area contributed by atoms with E-state index in [1.807, 2.05) is 84.9 Å². The molecule has 0 unspecified atom stereocenters. The van der Waals surface area contributed by atoms with Gasteiger partial charge in [-0.3, -0.25) is 0 Å². The van der Waals surface area contributed by atoms with Crippen LogP contribution in [0.3, 0.4) is 0 Å². The molecule has 1 N–H and O–H groups in total. The van der Waals surface area contributed by atoms with E-state index >= 15 is 0 Å². The minimum Gasteiger partial charge on any atom is -0.497 e. The second-order valence-electron chi connectivity index (χ2n) is 5.87. The molecule has 0 aliphatic heterocycles. The summed E-state index contributed by atoms with van der Waals surface area (Å²) >= 11 is 0. The van der Waals surface area contributed by atoms with Crippen LogP contribution in [0.4, 0.5) is 5.69 Å². The highest BCUT2D eigenvalue weighted by Crippen LogP contribution is 2.21. The van der Waals surface area contributed by atoms with Gasteiger partial charge in [-0.1, -0.05) is 60.7 Å². The van der Waals surface area contributed by atoms with Gasteiger partial charge >= 0.3 is 5.97 Å². The van der Waals surface area contributed by atoms with E-state index in [2.05, 4.69) is 5.32 Å². The lowest BCUT2D eigenvalue weighted by molar-refractivity contribution is -0.138. The summed E-state index contributed by atoms with van der Waals surface area (Å²) in [6, 6.07) is 26.8. The zero-order chi connectivity index (χ0) is 18.9. The number of esters is 1. The smallest absolute Gasteiger partial charge is 0.333 e. The first-order valence-electron chi connectivity index (χ1n) is 8.63. The van der Waals surface area contributed by atoms with Crippen molar-refractivity contribution < 1.29 is 14.3 Å². The van der Waals surface area contributed by atoms with Crippen molar-refractivity contribution in [3.63, 3.8) is 0 Å². The van der Waals surface area contributed by atoms with Gasteiger partial charge in [-0.15, -0.1) is 0 Å². The summed E-state index contributed by atoms with van der Waals surface area (Å²) in [7, 11) is 1.63. The molecule has 3 aromatic carbocycles. The molecule has 0 radical (unpaired) electrons. The second-order valence-corrected chi connectivity index (χ2v) is 5.87. The monoisotopic (exact) mass is 359 g/mol. The van der Waals surface area contributed by atoms with Gasteiger partial charge in [-0.2, -0.15) is 0 Å². The third-order valence-corrected chi connectivity index (χ3v) is 3.94. The Hall–Kier alpha value is -3.53. The SMILES string of the molecule is COc1ccc(N/C(=C\C(=O)OCc2ccccc2)c2ccccc2)cc1. The summed E-state index contributed by atoms with van der Waals surface area (Å²) in [6.45, 7) is 0.237. The largest absolute Gasteiger partial charge is 0.497 e. The van der Waals surface area contributed by atoms with Gasteiger partial charge < -0.3 is 14.8 Å². The zero-order valence-electron chi connectivity index (χ0n) is 15.1. The Morgan fingerprint density at radius 1 is 0.889 bits per heavy atom. The van der Waals surface area contributed by atoms with Gasteiger partial charge in [-0.05, 0) is 35.4 Å². The zero-order valence-corrected chi connectivity index (χ0v) is 15.1. The summed E-state index contributed by atoms with van der Waals surface area (Å²) in [5.41, 5.74) is 3.36. The summed E-state index contributed by atoms with van der Waals surface area (Å²) < 4.78 is 10.6. The van der Waals surface area contributed by atoms with Crippen molar-refractivity contribution in [2.24, 2.45) is 0 Å². The fourth-order valence-corrected chi connectivity index (χ4v) is 2.53. The van der Waals surface area contributed by atoms with Crippen molar-refractivity contribution in [3.05, 3.63) is 102 Å². The molecule has 136 valence electrons. The highest BCUT2D eigenvalue weighted by molar-refractivity contribution is 5.94. The standard InChI is InChI=1S/C23H21NO3/c1-26-21-14-12-20(13-15-21)24-22(19-10-6-3-7-11-19)16-23(25)27-17-18-8-4-2-5-9-18/h2-16,24H,17H2,1H3/b22-16-. The molecule has 4 heteroatoms. The number of benzene rings is 3. The molecular formula is C23H21NO3. The number of anilines is 1. The Kier molecular flexibility index (Phi) is 6.26. The second kappa shape index (κ2) is 9.25. The number of carbonyl (C=O) groups is 1. The van der Waals surface area contributed by atoms with E-state index in [1.165, 1.54) is 6.08 Å². The maximum Gasteiger partial charge on any atom is 0.333 e. The Bertz CT molecular complexity index is 888. The van der Waals surface area contributed by atoms with Gasteiger partial charge in [0.2, 0.25) is 0 Å². The third kappa shape index (κ3) is 5.47. The Labute approximate surface area is 159 Å². The topological polar surface area (TPSA) is 47.6 Å². The molecule has 0 saturated heterocycles. The van der Waals surface area contributed by atoms with Gasteiger partial charge in [0, 0.05) is 11.8 Å². The van der Waals surface area contributed by atoms with E-state index in [4.69, 9.17) is 9.47 Å². The number of nitrogens with one attached hydrogen (secondary N) is 1. The number of hydrogen-bond donors (Lipinski definition) is 1. The van der Waals surface area contributed by atoms with Gasteiger partial charge in [0.25, 0.3) is 0 Å². The Morgan fingerprint density at radius 2 is 1.52 bits per heavy atom. The molecule has 4 nitrogen and oxygen atoms in total. The van der Waals surface area contributed by atoms with Gasteiger partial charge in [0.15, 0.2) is 0 Å². The Balaban J connectivity index is 1.76. The molecule has 0 spiro atoms. The summed E-state index contributed by atoms with van der Waals surface area (Å²) in [5.74, 6) is 0.367. The summed E-state index contributed by atoms with van der Waals surface area (Å²) in [6.07, 6.45) is 1.47. The van der Waals surface area contributed by atoms with Crippen LogP contribution in [0.2, 0.25) is 0 Å². The Morgan fingerprint density at radius 3 is 2.15 bits per heavy atom. The van der Waals surface area contributed by atoms with E-state index < -0.39 is 5.97 Å². The molecule has 0 bridgehead atoms. The minimum absolute atomic E-state index is 0.237. The molecule has 3 rings (SSSR count). The molecule has 0 atom stereocenters. The lowest BCUT2D eigenvalue weighted by atomic mass is 10.1. The van der Waals surface area contributed by atoms with Crippen LogP contribution in [0.1, 0.15) is 11.1 Å². The van der Waals surface area contributed by atoms with E-state index in [1.54, 1.807) is 7.11 Å². The van der Waals surface area contributed by atoms with Crippen LogP contribution in [0.5, 0.6) is 5.75 Å². The number of hydrogen-bond acceptors (Lipinski definition) is 4. The predicted molar refractivity (Wildman–Crippen MR) is 107 cm³/mol. The molecule has 0 aliphatic rings. The van der Waals surface area contributed by atoms with E-state index in [0.29, 0.717) is 5.70 Å². The van der Waals surface area contributed by atoms with Crippen LogP contribution < -0.4 is 10.1 Å². The van der Waals surface area contributed by atoms with E-state index in [-0.39, 0.29) is 6.61 Å². The highest BCUT2D eigenvalue weighted by atomic mass is 16.5. The van der Waals surface area contributed by atoms with Crippen molar-refractivity contribution in [1.29, 1.82) is 0 Å². The molecule has 27 heavy (non-hydrogen) atoms. The molecule has 0 heterocycles. The maximum absolute atomic E-state index is 12.3. The van der Waals surface area contributed by atoms with E-state index in [9.17, 15) is 4.79 Å². The molecule has 0 saturated carbocycles. The van der Waals surface area contributed by atoms with Crippen LogP contribution in [0.25, 0.3) is 5.70 Å². The average Bonchev–Trinajstić information content (AvgIpc) is 2.74. The highest BCUT2D eigenvalue weighted by Gasteiger charge is 2.07. The fraction of sp³-hybridized carbons (Fsp3) is 0.0870. The quantitative estimate of drug-likeness (QED) is 0.482. The molecule has 0 amide bonds. The molecule has 0 fully saturated rings. The van der Waals surface area contributed by atoms with Crippen molar-refractivity contribution >= 4 is 17.4 Å². The lowest BCUT2D eigenvalue weighted by Gasteiger charge is -2.12. The molecule has 0 aliphatic carbocycles. The van der Waals surface area contributed by atoms with E-state index in [0.717, 1.165) is 22.6 Å². The van der Waals surface area contributed by atoms with Crippen LogP contribution >= 0.6 is 0 Å². The molecular weight excluding hydrogens is 338 g/mol. The first-order valence-corrected chi connectivity index (χ1v) is 8.63. The van der Waals surface area contributed by atoms with Crippen LogP contribution in [0, 0.1) is 0 Å². The molecule has 0 aromatic heterocycles. The lowest BCUT2D eigenvalue weighted by Crippen LogP contribution is -2.06. The van der Waals surface area contributed by atoms with Crippen LogP contribution in [-0.4, -0.2) is 13.1 Å². The van der Waals surface area contributed by atoms with Gasteiger partial charge in [0.1, 0.15) is 12.4 Å². The minimum atomic E-state index is -0.404. The number of methoxy groups -OCH3 is 1. The average molecular weight is 359 g/mol. The van der Waals surface area contributed by atoms with Crippen molar-refractivity contribution in [3.8, 4) is 5.75 Å². The number of rotatable bonds is 7.